The van der Waals surface area contributed by atoms with Gasteiger partial charge in [0, 0.05) is 16.7 Å². The Morgan fingerprint density at radius 1 is 0.225 bits per heavy atom. The van der Waals surface area contributed by atoms with Crippen LogP contribution >= 0.6 is 0 Å². The topological polar surface area (TPSA) is 25.8 Å². The van der Waals surface area contributed by atoms with E-state index in [0.29, 0.717) is 5.82 Å². The van der Waals surface area contributed by atoms with Crippen LogP contribution < -0.4 is 0 Å². The predicted octanol–water partition coefficient (Wildman–Crippen LogP) is 17.7. The molecule has 2 heteroatoms. The van der Waals surface area contributed by atoms with E-state index in [0.717, 1.165) is 50.3 Å². The molecule has 0 radical (unpaired) electrons. The van der Waals surface area contributed by atoms with Crippen LogP contribution in [0.15, 0.2) is 279 Å². The summed E-state index contributed by atoms with van der Waals surface area (Å²) in [5.41, 5.74) is 21.1. The van der Waals surface area contributed by atoms with Crippen molar-refractivity contribution in [1.29, 1.82) is 0 Å². The summed E-state index contributed by atoms with van der Waals surface area (Å²) in [5, 5.41) is 2.45. The van der Waals surface area contributed by atoms with E-state index >= 15 is 0 Å². The van der Waals surface area contributed by atoms with Crippen LogP contribution in [0, 0.1) is 0 Å². The highest BCUT2D eigenvalue weighted by Crippen LogP contribution is 2.58. The highest BCUT2D eigenvalue weighted by Gasteiger charge is 2.46. The lowest BCUT2D eigenvalue weighted by Gasteiger charge is -2.34. The zero-order valence-corrected chi connectivity index (χ0v) is 39.0. The van der Waals surface area contributed by atoms with E-state index in [-0.39, 0.29) is 0 Å². The first-order valence-corrected chi connectivity index (χ1v) is 24.4. The van der Waals surface area contributed by atoms with Crippen molar-refractivity contribution in [3.8, 4) is 89.5 Å². The first kappa shape index (κ1) is 41.9. The second kappa shape index (κ2) is 17.7. The molecular weight excluding hydrogens is 857 g/mol. The fraction of sp³-hybridized carbons (Fsp3) is 0.0145. The van der Waals surface area contributed by atoms with Gasteiger partial charge in [-0.15, -0.1) is 0 Å². The van der Waals surface area contributed by atoms with Crippen molar-refractivity contribution in [2.45, 2.75) is 5.41 Å². The van der Waals surface area contributed by atoms with E-state index in [9.17, 15) is 0 Å². The SMILES string of the molecule is c1ccc(-c2cccc(-c3cc(-c4cccc(-c5cccc(-c6cc7c(cc6-c6ccc8ccccc8c6)-c6ccccc6C7(c6ccccc6)c6ccccc6)c5)c4)nc(-c4ccccc4)n3)c2)cc1. The normalized spacial score (nSPS) is 12.3. The molecule has 71 heavy (non-hydrogen) atoms. The minimum atomic E-state index is -0.533. The highest BCUT2D eigenvalue weighted by atomic mass is 14.9. The summed E-state index contributed by atoms with van der Waals surface area (Å²) in [5.74, 6) is 0.692. The molecule has 0 spiro atoms. The van der Waals surface area contributed by atoms with Crippen molar-refractivity contribution >= 4 is 10.8 Å². The number of hydrogen-bond acceptors (Lipinski definition) is 2. The summed E-state index contributed by atoms with van der Waals surface area (Å²) in [7, 11) is 0. The van der Waals surface area contributed by atoms with Crippen LogP contribution in [-0.2, 0) is 5.41 Å². The Morgan fingerprint density at radius 3 is 1.31 bits per heavy atom. The van der Waals surface area contributed by atoms with Crippen LogP contribution in [0.5, 0.6) is 0 Å². The maximum Gasteiger partial charge on any atom is 0.160 e. The monoisotopic (exact) mass is 902 g/mol. The lowest BCUT2D eigenvalue weighted by Crippen LogP contribution is -2.28. The molecule has 0 amide bonds. The highest BCUT2D eigenvalue weighted by molar-refractivity contribution is 5.98. The molecule has 0 aliphatic heterocycles. The zero-order valence-electron chi connectivity index (χ0n) is 39.0. The molecule has 332 valence electrons. The van der Waals surface area contributed by atoms with Gasteiger partial charge in [0.25, 0.3) is 0 Å². The van der Waals surface area contributed by atoms with E-state index in [1.54, 1.807) is 0 Å². The van der Waals surface area contributed by atoms with Gasteiger partial charge in [0.15, 0.2) is 5.82 Å². The van der Waals surface area contributed by atoms with Crippen LogP contribution in [0.25, 0.3) is 100 Å². The molecule has 0 unspecified atom stereocenters. The van der Waals surface area contributed by atoms with Gasteiger partial charge in [0.05, 0.1) is 16.8 Å². The third kappa shape index (κ3) is 7.45. The summed E-state index contributed by atoms with van der Waals surface area (Å²) in [6, 6.07) is 101. The van der Waals surface area contributed by atoms with Gasteiger partial charge >= 0.3 is 0 Å². The molecular formula is C69H46N2. The van der Waals surface area contributed by atoms with Gasteiger partial charge in [-0.1, -0.05) is 237 Å². The maximum absolute atomic E-state index is 5.25. The maximum atomic E-state index is 5.25. The van der Waals surface area contributed by atoms with Gasteiger partial charge in [0.1, 0.15) is 0 Å². The second-order valence-electron chi connectivity index (χ2n) is 18.5. The summed E-state index contributed by atoms with van der Waals surface area (Å²) in [6.07, 6.45) is 0. The van der Waals surface area contributed by atoms with E-state index < -0.39 is 5.41 Å². The third-order valence-corrected chi connectivity index (χ3v) is 14.3. The van der Waals surface area contributed by atoms with E-state index in [4.69, 9.17) is 9.97 Å². The Balaban J connectivity index is 0.981. The number of hydrogen-bond donors (Lipinski definition) is 0. The van der Waals surface area contributed by atoms with Crippen molar-refractivity contribution in [2.75, 3.05) is 0 Å². The van der Waals surface area contributed by atoms with Gasteiger partial charge in [0.2, 0.25) is 0 Å². The Labute approximate surface area is 414 Å². The molecule has 0 N–H and O–H groups in total. The molecule has 12 aromatic rings. The van der Waals surface area contributed by atoms with Crippen molar-refractivity contribution in [1.82, 2.24) is 9.97 Å². The van der Waals surface area contributed by atoms with Crippen molar-refractivity contribution in [3.63, 3.8) is 0 Å². The van der Waals surface area contributed by atoms with Crippen LogP contribution in [0.1, 0.15) is 22.3 Å². The molecule has 11 aromatic carbocycles. The van der Waals surface area contributed by atoms with E-state index in [1.165, 1.54) is 66.4 Å². The van der Waals surface area contributed by atoms with Gasteiger partial charge < -0.3 is 0 Å². The Morgan fingerprint density at radius 2 is 0.676 bits per heavy atom. The molecule has 1 aliphatic carbocycles. The lowest BCUT2D eigenvalue weighted by molar-refractivity contribution is 0.769. The number of fused-ring (bicyclic) bond motifs is 4. The fourth-order valence-electron chi connectivity index (χ4n) is 11.0. The summed E-state index contributed by atoms with van der Waals surface area (Å²) in [6.45, 7) is 0. The summed E-state index contributed by atoms with van der Waals surface area (Å²) >= 11 is 0. The first-order valence-electron chi connectivity index (χ1n) is 24.4. The van der Waals surface area contributed by atoms with Gasteiger partial charge in [-0.2, -0.15) is 0 Å². The van der Waals surface area contributed by atoms with Gasteiger partial charge in [-0.3, -0.25) is 0 Å². The Bertz CT molecular complexity index is 3880. The first-order chi connectivity index (χ1) is 35.2. The molecule has 0 saturated carbocycles. The third-order valence-electron chi connectivity index (χ3n) is 14.3. The van der Waals surface area contributed by atoms with Crippen LogP contribution in [-0.4, -0.2) is 9.97 Å². The smallest absolute Gasteiger partial charge is 0.160 e. The molecule has 1 aliphatic rings. The number of rotatable bonds is 9. The number of nitrogens with zero attached hydrogens (tertiary/aromatic N) is 2. The molecule has 2 nitrogen and oxygen atoms in total. The average Bonchev–Trinajstić information content (AvgIpc) is 3.76. The quantitative estimate of drug-likeness (QED) is 0.144. The van der Waals surface area contributed by atoms with Gasteiger partial charge in [-0.05, 0) is 131 Å². The number of aromatic nitrogens is 2. The predicted molar refractivity (Wildman–Crippen MR) is 295 cm³/mol. The fourth-order valence-corrected chi connectivity index (χ4v) is 11.0. The largest absolute Gasteiger partial charge is 0.228 e. The summed E-state index contributed by atoms with van der Waals surface area (Å²) < 4.78 is 0. The Hall–Kier alpha value is -9.24. The van der Waals surface area contributed by atoms with Crippen molar-refractivity contribution in [2.24, 2.45) is 0 Å². The molecule has 0 atom stereocenters. The minimum Gasteiger partial charge on any atom is -0.228 e. The van der Waals surface area contributed by atoms with E-state index in [2.05, 4.69) is 261 Å². The van der Waals surface area contributed by atoms with Gasteiger partial charge in [-0.25, -0.2) is 9.97 Å². The second-order valence-corrected chi connectivity index (χ2v) is 18.5. The van der Waals surface area contributed by atoms with Crippen LogP contribution in [0.3, 0.4) is 0 Å². The molecule has 0 bridgehead atoms. The molecule has 13 rings (SSSR count). The molecule has 0 fully saturated rings. The standard InChI is InChI=1S/C69H46N2/c1-5-20-47(21-6-1)51-26-18-30-56(42-51)66-46-67(71-68(70-66)49-23-7-2-8-24-49)57-31-19-28-53(43-57)52-27-17-29-54(41-52)62-45-65-63(44-61(62)55-39-38-48-22-13-14-25-50(48)40-55)60-36-15-16-37-64(60)69(65,58-32-9-3-10-33-58)59-34-11-4-12-35-59/h1-46H. The van der Waals surface area contributed by atoms with Crippen LogP contribution in [0.4, 0.5) is 0 Å². The number of benzene rings is 11. The van der Waals surface area contributed by atoms with Crippen LogP contribution in [0.2, 0.25) is 0 Å². The van der Waals surface area contributed by atoms with Crippen molar-refractivity contribution in [3.05, 3.63) is 301 Å². The molecule has 1 aromatic heterocycles. The van der Waals surface area contributed by atoms with E-state index in [1.807, 2.05) is 18.2 Å². The zero-order chi connectivity index (χ0) is 47.1. The Kier molecular flexibility index (Phi) is 10.4. The average molecular weight is 903 g/mol. The lowest BCUT2D eigenvalue weighted by atomic mass is 9.67. The minimum absolute atomic E-state index is 0.533. The van der Waals surface area contributed by atoms with Crippen molar-refractivity contribution < 1.29 is 0 Å². The summed E-state index contributed by atoms with van der Waals surface area (Å²) in [4.78, 5) is 10.4. The molecule has 1 heterocycles. The molecule has 0 saturated heterocycles.